The van der Waals surface area contributed by atoms with E-state index in [0.717, 1.165) is 44.1 Å². The van der Waals surface area contributed by atoms with Crippen LogP contribution in [-0.4, -0.2) is 50.1 Å². The number of amides is 1. The predicted octanol–water partition coefficient (Wildman–Crippen LogP) is 3.68. The quantitative estimate of drug-likeness (QED) is 0.837. The van der Waals surface area contributed by atoms with Crippen molar-refractivity contribution in [3.05, 3.63) is 54.1 Å². The van der Waals surface area contributed by atoms with E-state index in [1.54, 1.807) is 0 Å². The number of carbonyl (C=O) groups excluding carboxylic acids is 1. The first-order valence-electron chi connectivity index (χ1n) is 8.99. The minimum absolute atomic E-state index is 0.0238. The Kier molecular flexibility index (Phi) is 6.24. The number of benzene rings is 2. The molecule has 0 unspecified atom stereocenters. The Morgan fingerprint density at radius 1 is 1.07 bits per heavy atom. The largest absolute Gasteiger partial charge is 0.435 e. The van der Waals surface area contributed by atoms with Gasteiger partial charge in [0, 0.05) is 31.7 Å². The molecular formula is C20H23F2N3O2. The number of alkyl halides is 2. The number of ether oxygens (including phenoxy) is 1. The van der Waals surface area contributed by atoms with Crippen molar-refractivity contribution in [1.29, 1.82) is 0 Å². The molecule has 1 fully saturated rings. The molecule has 1 amide bonds. The van der Waals surface area contributed by atoms with Crippen molar-refractivity contribution in [2.75, 3.05) is 42.9 Å². The predicted molar refractivity (Wildman–Crippen MR) is 102 cm³/mol. The summed E-state index contributed by atoms with van der Waals surface area (Å²) < 4.78 is 28.8. The topological polar surface area (TPSA) is 44.8 Å². The molecule has 2 aromatic carbocycles. The zero-order valence-electron chi connectivity index (χ0n) is 15.2. The fourth-order valence-corrected chi connectivity index (χ4v) is 3.14. The van der Waals surface area contributed by atoms with Crippen LogP contribution in [-0.2, 0) is 0 Å². The molecule has 0 atom stereocenters. The lowest BCUT2D eigenvalue weighted by Gasteiger charge is -2.36. The van der Waals surface area contributed by atoms with E-state index in [2.05, 4.69) is 26.8 Å². The van der Waals surface area contributed by atoms with Gasteiger partial charge in [0.1, 0.15) is 5.75 Å². The Morgan fingerprint density at radius 2 is 1.74 bits per heavy atom. The molecule has 1 heterocycles. The number of halogens is 2. The van der Waals surface area contributed by atoms with E-state index < -0.39 is 6.61 Å². The second-order valence-corrected chi connectivity index (χ2v) is 6.30. The van der Waals surface area contributed by atoms with Crippen LogP contribution in [0.1, 0.15) is 17.3 Å². The lowest BCUT2D eigenvalue weighted by molar-refractivity contribution is -0.0498. The lowest BCUT2D eigenvalue weighted by Crippen LogP contribution is -2.46. The van der Waals surface area contributed by atoms with Crippen LogP contribution < -0.4 is 15.0 Å². The molecule has 1 aliphatic heterocycles. The highest BCUT2D eigenvalue weighted by Gasteiger charge is 2.19. The number of nitrogens with one attached hydrogen (secondary N) is 1. The highest BCUT2D eigenvalue weighted by atomic mass is 19.3. The van der Waals surface area contributed by atoms with Crippen LogP contribution in [0, 0.1) is 0 Å². The number of rotatable bonds is 6. The van der Waals surface area contributed by atoms with Crippen LogP contribution in [0.15, 0.2) is 48.5 Å². The molecule has 1 saturated heterocycles. The molecule has 2 aromatic rings. The maximum absolute atomic E-state index is 12.6. The summed E-state index contributed by atoms with van der Waals surface area (Å²) >= 11 is 0. The molecule has 0 aliphatic carbocycles. The maximum Gasteiger partial charge on any atom is 0.387 e. The highest BCUT2D eigenvalue weighted by molar-refractivity contribution is 6.06. The average molecular weight is 375 g/mol. The van der Waals surface area contributed by atoms with Gasteiger partial charge in [0.25, 0.3) is 5.91 Å². The summed E-state index contributed by atoms with van der Waals surface area (Å²) in [6, 6.07) is 13.3. The molecule has 0 bridgehead atoms. The molecule has 0 aromatic heterocycles. The molecule has 7 heteroatoms. The minimum Gasteiger partial charge on any atom is -0.435 e. The van der Waals surface area contributed by atoms with Crippen molar-refractivity contribution < 1.29 is 18.3 Å². The van der Waals surface area contributed by atoms with E-state index in [1.165, 1.54) is 24.3 Å². The van der Waals surface area contributed by atoms with Crippen LogP contribution in [0.4, 0.5) is 20.2 Å². The van der Waals surface area contributed by atoms with E-state index in [4.69, 9.17) is 0 Å². The Morgan fingerprint density at radius 3 is 2.37 bits per heavy atom. The molecular weight excluding hydrogens is 352 g/mol. The Bertz CT molecular complexity index is 760. The molecule has 144 valence electrons. The lowest BCUT2D eigenvalue weighted by atomic mass is 10.1. The van der Waals surface area contributed by atoms with Crippen LogP contribution in [0.3, 0.4) is 0 Å². The zero-order chi connectivity index (χ0) is 19.2. The van der Waals surface area contributed by atoms with E-state index in [9.17, 15) is 13.6 Å². The number of likely N-dealkylation sites (N-methyl/N-ethyl adjacent to an activating group) is 1. The summed E-state index contributed by atoms with van der Waals surface area (Å²) in [7, 11) is 0. The second kappa shape index (κ2) is 8.81. The average Bonchev–Trinajstić information content (AvgIpc) is 2.68. The van der Waals surface area contributed by atoms with Gasteiger partial charge in [-0.05, 0) is 42.9 Å². The monoisotopic (exact) mass is 375 g/mol. The summed E-state index contributed by atoms with van der Waals surface area (Å²) in [4.78, 5) is 17.2. The third-order valence-corrected chi connectivity index (χ3v) is 4.65. The van der Waals surface area contributed by atoms with E-state index in [1.807, 2.05) is 24.3 Å². The third kappa shape index (κ3) is 4.95. The number of hydrogen-bond donors (Lipinski definition) is 1. The summed E-state index contributed by atoms with van der Waals surface area (Å²) in [5.41, 5.74) is 2.10. The molecule has 27 heavy (non-hydrogen) atoms. The van der Waals surface area contributed by atoms with Crippen molar-refractivity contribution >= 4 is 17.3 Å². The number of nitrogens with zero attached hydrogens (tertiary/aromatic N) is 2. The molecule has 3 rings (SSSR count). The van der Waals surface area contributed by atoms with Crippen molar-refractivity contribution in [3.63, 3.8) is 0 Å². The number of anilines is 2. The summed E-state index contributed by atoms with van der Waals surface area (Å²) in [6.45, 7) is 4.10. The van der Waals surface area contributed by atoms with Crippen molar-refractivity contribution in [2.24, 2.45) is 0 Å². The first-order valence-corrected chi connectivity index (χ1v) is 8.99. The zero-order valence-corrected chi connectivity index (χ0v) is 15.2. The van der Waals surface area contributed by atoms with Gasteiger partial charge in [0.15, 0.2) is 0 Å². The van der Waals surface area contributed by atoms with Gasteiger partial charge >= 0.3 is 6.61 Å². The fraction of sp³-hybridized carbons (Fsp3) is 0.350. The van der Waals surface area contributed by atoms with Gasteiger partial charge in [-0.3, -0.25) is 4.79 Å². The number of para-hydroxylation sites is 2. The number of carbonyl (C=O) groups is 1. The van der Waals surface area contributed by atoms with E-state index >= 15 is 0 Å². The van der Waals surface area contributed by atoms with Gasteiger partial charge in [0.05, 0.1) is 11.4 Å². The fourth-order valence-electron chi connectivity index (χ4n) is 3.14. The molecule has 0 spiro atoms. The Balaban J connectivity index is 1.69. The highest BCUT2D eigenvalue weighted by Crippen LogP contribution is 2.27. The van der Waals surface area contributed by atoms with Gasteiger partial charge in [-0.2, -0.15) is 8.78 Å². The summed E-state index contributed by atoms with van der Waals surface area (Å²) in [5, 5.41) is 2.93. The molecule has 0 saturated carbocycles. The van der Waals surface area contributed by atoms with E-state index in [-0.39, 0.29) is 11.7 Å². The first kappa shape index (κ1) is 19.1. The SMILES string of the molecule is CCN1CCN(c2ccccc2NC(=O)c2ccc(OC(F)F)cc2)CC1. The normalized spacial score (nSPS) is 15.0. The van der Waals surface area contributed by atoms with Crippen LogP contribution in [0.25, 0.3) is 0 Å². The van der Waals surface area contributed by atoms with Crippen LogP contribution in [0.2, 0.25) is 0 Å². The van der Waals surface area contributed by atoms with Gasteiger partial charge < -0.3 is 19.9 Å². The minimum atomic E-state index is -2.88. The molecule has 5 nitrogen and oxygen atoms in total. The van der Waals surface area contributed by atoms with Crippen LogP contribution in [0.5, 0.6) is 5.75 Å². The second-order valence-electron chi connectivity index (χ2n) is 6.30. The number of piperazine rings is 1. The van der Waals surface area contributed by atoms with E-state index in [0.29, 0.717) is 5.56 Å². The van der Waals surface area contributed by atoms with Crippen molar-refractivity contribution in [3.8, 4) is 5.75 Å². The van der Waals surface area contributed by atoms with Gasteiger partial charge in [0.2, 0.25) is 0 Å². The standard InChI is InChI=1S/C20H23F2N3O2/c1-2-24-11-13-25(14-12-24)18-6-4-3-5-17(18)23-19(26)15-7-9-16(10-8-15)27-20(21)22/h3-10,20H,2,11-14H2,1H3,(H,23,26). The summed E-state index contributed by atoms with van der Waals surface area (Å²) in [5.74, 6) is -0.269. The van der Waals surface area contributed by atoms with Gasteiger partial charge in [-0.15, -0.1) is 0 Å². The van der Waals surface area contributed by atoms with Gasteiger partial charge in [-0.1, -0.05) is 19.1 Å². The van der Waals surface area contributed by atoms with Gasteiger partial charge in [-0.25, -0.2) is 0 Å². The van der Waals surface area contributed by atoms with Crippen molar-refractivity contribution in [1.82, 2.24) is 4.90 Å². The molecule has 1 N–H and O–H groups in total. The Labute approximate surface area is 157 Å². The Hall–Kier alpha value is -2.67. The molecule has 0 radical (unpaired) electrons. The third-order valence-electron chi connectivity index (χ3n) is 4.65. The molecule has 1 aliphatic rings. The first-order chi connectivity index (χ1) is 13.1. The maximum atomic E-state index is 12.6. The van der Waals surface area contributed by atoms with Crippen LogP contribution >= 0.6 is 0 Å². The number of hydrogen-bond acceptors (Lipinski definition) is 4. The smallest absolute Gasteiger partial charge is 0.387 e. The summed E-state index contributed by atoms with van der Waals surface area (Å²) in [6.07, 6.45) is 0. The van der Waals surface area contributed by atoms with Crippen molar-refractivity contribution in [2.45, 2.75) is 13.5 Å².